The first-order valence-electron chi connectivity index (χ1n) is 11.6. The summed E-state index contributed by atoms with van der Waals surface area (Å²) in [6.07, 6.45) is 2.32. The highest BCUT2D eigenvalue weighted by molar-refractivity contribution is 5.79. The summed E-state index contributed by atoms with van der Waals surface area (Å²) in [5, 5.41) is 10.2. The summed E-state index contributed by atoms with van der Waals surface area (Å²) in [5.74, 6) is 1.55. The van der Waals surface area contributed by atoms with Gasteiger partial charge in [-0.2, -0.15) is 0 Å². The van der Waals surface area contributed by atoms with Crippen molar-refractivity contribution in [3.8, 4) is 22.6 Å². The van der Waals surface area contributed by atoms with Crippen LogP contribution in [0.5, 0.6) is 11.5 Å². The molecule has 0 spiro atoms. The van der Waals surface area contributed by atoms with Gasteiger partial charge in [0.2, 0.25) is 0 Å². The van der Waals surface area contributed by atoms with Gasteiger partial charge < -0.3 is 19.5 Å². The van der Waals surface area contributed by atoms with Crippen LogP contribution in [-0.2, 0) is 11.2 Å². The highest BCUT2D eigenvalue weighted by atomic mass is 16.6. The number of hydrogen-bond donors (Lipinski definition) is 1. The van der Waals surface area contributed by atoms with Crippen molar-refractivity contribution >= 4 is 6.09 Å². The molecule has 1 amide bonds. The summed E-state index contributed by atoms with van der Waals surface area (Å²) in [5.41, 5.74) is 5.81. The van der Waals surface area contributed by atoms with Crippen molar-refractivity contribution < 1.29 is 19.4 Å². The summed E-state index contributed by atoms with van der Waals surface area (Å²) in [7, 11) is 1.63. The number of fused-ring (bicyclic) bond motifs is 3. The maximum absolute atomic E-state index is 12.8. The van der Waals surface area contributed by atoms with Gasteiger partial charge in [0.25, 0.3) is 0 Å². The number of carbonyl (C=O) groups is 1. The summed E-state index contributed by atoms with van der Waals surface area (Å²) in [4.78, 5) is 14.6. The lowest BCUT2D eigenvalue weighted by molar-refractivity contribution is 0.0855. The maximum atomic E-state index is 12.8. The largest absolute Gasteiger partial charge is 0.508 e. The molecule has 1 heterocycles. The number of phenolic OH excluding ortho intramolecular Hbond substituents is 1. The Balaban J connectivity index is 1.17. The zero-order valence-electron chi connectivity index (χ0n) is 18.9. The predicted molar refractivity (Wildman–Crippen MR) is 128 cm³/mol. The molecule has 0 unspecified atom stereocenters. The van der Waals surface area contributed by atoms with E-state index in [0.717, 1.165) is 30.6 Å². The molecule has 5 heteroatoms. The van der Waals surface area contributed by atoms with Crippen LogP contribution in [-0.4, -0.2) is 42.9 Å². The van der Waals surface area contributed by atoms with Crippen molar-refractivity contribution in [3.05, 3.63) is 83.4 Å². The summed E-state index contributed by atoms with van der Waals surface area (Å²) >= 11 is 0. The van der Waals surface area contributed by atoms with Crippen LogP contribution in [0.25, 0.3) is 11.1 Å². The lowest BCUT2D eigenvalue weighted by atomic mass is 9.90. The van der Waals surface area contributed by atoms with Gasteiger partial charge in [-0.25, -0.2) is 4.79 Å². The van der Waals surface area contributed by atoms with Gasteiger partial charge in [-0.05, 0) is 71.2 Å². The highest BCUT2D eigenvalue weighted by Gasteiger charge is 2.30. The van der Waals surface area contributed by atoms with Gasteiger partial charge in [-0.1, -0.05) is 48.5 Å². The average molecular weight is 444 g/mol. The Morgan fingerprint density at radius 2 is 1.61 bits per heavy atom. The number of amides is 1. The summed E-state index contributed by atoms with van der Waals surface area (Å²) < 4.78 is 11.1. The Kier molecular flexibility index (Phi) is 5.95. The zero-order valence-corrected chi connectivity index (χ0v) is 18.9. The fourth-order valence-electron chi connectivity index (χ4n) is 5.17. The molecule has 5 nitrogen and oxygen atoms in total. The van der Waals surface area contributed by atoms with Gasteiger partial charge in [0.1, 0.15) is 18.1 Å². The van der Waals surface area contributed by atoms with Gasteiger partial charge >= 0.3 is 6.09 Å². The lowest BCUT2D eigenvalue weighted by Gasteiger charge is -2.31. The SMILES string of the molecule is COc1ccc(O)c(CC2CCN(C(=O)OCC3c4ccccc4-c4ccccc43)CC2)c1. The summed E-state index contributed by atoms with van der Waals surface area (Å²) in [6, 6.07) is 22.1. The van der Waals surface area contributed by atoms with Crippen LogP contribution >= 0.6 is 0 Å². The van der Waals surface area contributed by atoms with Crippen LogP contribution in [0.15, 0.2) is 66.7 Å². The first-order valence-corrected chi connectivity index (χ1v) is 11.6. The van der Waals surface area contributed by atoms with E-state index in [2.05, 4.69) is 36.4 Å². The number of carbonyl (C=O) groups excluding carboxylic acids is 1. The number of likely N-dealkylation sites (tertiary alicyclic amines) is 1. The number of rotatable bonds is 5. The predicted octanol–water partition coefficient (Wildman–Crippen LogP) is 5.60. The normalized spacial score (nSPS) is 15.7. The Labute approximate surface area is 194 Å². The number of ether oxygens (including phenoxy) is 2. The molecule has 0 radical (unpaired) electrons. The quantitative estimate of drug-likeness (QED) is 0.557. The zero-order chi connectivity index (χ0) is 22.8. The van der Waals surface area contributed by atoms with Crippen LogP contribution < -0.4 is 4.74 Å². The molecule has 0 saturated carbocycles. The Bertz CT molecular complexity index is 1100. The van der Waals surface area contributed by atoms with E-state index in [4.69, 9.17) is 9.47 Å². The monoisotopic (exact) mass is 443 g/mol. The van der Waals surface area contributed by atoms with Gasteiger partial charge in [0.15, 0.2) is 0 Å². The van der Waals surface area contributed by atoms with E-state index in [0.29, 0.717) is 31.4 Å². The second-order valence-electron chi connectivity index (χ2n) is 8.93. The van der Waals surface area contributed by atoms with E-state index in [9.17, 15) is 9.90 Å². The van der Waals surface area contributed by atoms with E-state index in [1.807, 2.05) is 23.1 Å². The molecular formula is C28H29NO4. The molecule has 2 aliphatic rings. The minimum atomic E-state index is -0.237. The molecule has 33 heavy (non-hydrogen) atoms. The van der Waals surface area contributed by atoms with E-state index < -0.39 is 0 Å². The van der Waals surface area contributed by atoms with Crippen LogP contribution in [0.3, 0.4) is 0 Å². The third-order valence-corrected chi connectivity index (χ3v) is 7.00. The van der Waals surface area contributed by atoms with Gasteiger partial charge in [0.05, 0.1) is 7.11 Å². The van der Waals surface area contributed by atoms with E-state index >= 15 is 0 Å². The topological polar surface area (TPSA) is 59.0 Å². The molecule has 0 bridgehead atoms. The molecule has 0 aromatic heterocycles. The minimum absolute atomic E-state index is 0.0786. The van der Waals surface area contributed by atoms with E-state index in [1.54, 1.807) is 19.2 Å². The molecule has 1 aliphatic carbocycles. The number of phenols is 1. The number of hydrogen-bond acceptors (Lipinski definition) is 4. The molecule has 5 rings (SSSR count). The highest BCUT2D eigenvalue weighted by Crippen LogP contribution is 2.44. The smallest absolute Gasteiger partial charge is 0.409 e. The molecule has 1 N–H and O–H groups in total. The second-order valence-corrected chi connectivity index (χ2v) is 8.93. The number of benzene rings is 3. The average Bonchev–Trinajstić information content (AvgIpc) is 3.18. The van der Waals surface area contributed by atoms with Crippen LogP contribution in [0.4, 0.5) is 4.79 Å². The van der Waals surface area contributed by atoms with E-state index in [-0.39, 0.29) is 12.0 Å². The fourth-order valence-corrected chi connectivity index (χ4v) is 5.17. The molecule has 1 saturated heterocycles. The maximum Gasteiger partial charge on any atom is 0.409 e. The third kappa shape index (κ3) is 4.28. The standard InChI is InChI=1S/C28H29NO4/c1-32-21-10-11-27(30)20(17-21)16-19-12-14-29(15-13-19)28(31)33-18-26-24-8-4-2-6-22(24)23-7-3-5-9-25(23)26/h2-11,17,19,26,30H,12-16,18H2,1H3. The van der Waals surface area contributed by atoms with Crippen molar-refractivity contribution in [2.24, 2.45) is 5.92 Å². The minimum Gasteiger partial charge on any atom is -0.508 e. The first kappa shape index (κ1) is 21.4. The van der Waals surface area contributed by atoms with Crippen molar-refractivity contribution in [2.45, 2.75) is 25.2 Å². The van der Waals surface area contributed by atoms with Crippen molar-refractivity contribution in [2.75, 3.05) is 26.8 Å². The Hall–Kier alpha value is -3.47. The van der Waals surface area contributed by atoms with Crippen LogP contribution in [0, 0.1) is 5.92 Å². The number of methoxy groups -OCH3 is 1. The molecule has 3 aromatic carbocycles. The van der Waals surface area contributed by atoms with Crippen LogP contribution in [0.1, 0.15) is 35.4 Å². The molecule has 1 fully saturated rings. The van der Waals surface area contributed by atoms with Gasteiger partial charge in [0, 0.05) is 19.0 Å². The Morgan fingerprint density at radius 3 is 2.24 bits per heavy atom. The first-order chi connectivity index (χ1) is 16.1. The van der Waals surface area contributed by atoms with Crippen molar-refractivity contribution in [1.82, 2.24) is 4.90 Å². The Morgan fingerprint density at radius 1 is 0.970 bits per heavy atom. The molecule has 0 atom stereocenters. The molecule has 170 valence electrons. The number of aromatic hydroxyl groups is 1. The summed E-state index contributed by atoms with van der Waals surface area (Å²) in [6.45, 7) is 1.70. The molecule has 3 aromatic rings. The number of piperidine rings is 1. The van der Waals surface area contributed by atoms with Crippen molar-refractivity contribution in [1.29, 1.82) is 0 Å². The van der Waals surface area contributed by atoms with Gasteiger partial charge in [-0.15, -0.1) is 0 Å². The molecule has 1 aliphatic heterocycles. The molecular weight excluding hydrogens is 414 g/mol. The fraction of sp³-hybridized carbons (Fsp3) is 0.321. The van der Waals surface area contributed by atoms with Gasteiger partial charge in [-0.3, -0.25) is 0 Å². The lowest BCUT2D eigenvalue weighted by Crippen LogP contribution is -2.39. The van der Waals surface area contributed by atoms with Crippen molar-refractivity contribution in [3.63, 3.8) is 0 Å². The van der Waals surface area contributed by atoms with E-state index in [1.165, 1.54) is 22.3 Å². The van der Waals surface area contributed by atoms with Crippen LogP contribution in [0.2, 0.25) is 0 Å². The third-order valence-electron chi connectivity index (χ3n) is 7.00. The number of nitrogens with zero attached hydrogens (tertiary/aromatic N) is 1. The second kappa shape index (κ2) is 9.18.